The summed E-state index contributed by atoms with van der Waals surface area (Å²) in [7, 11) is 1.91. The van der Waals surface area contributed by atoms with Gasteiger partial charge in [0.1, 0.15) is 0 Å². The van der Waals surface area contributed by atoms with Gasteiger partial charge >= 0.3 is 0 Å². The van der Waals surface area contributed by atoms with Crippen molar-refractivity contribution >= 4 is 5.91 Å². The fourth-order valence-corrected chi connectivity index (χ4v) is 3.07. The third-order valence-electron chi connectivity index (χ3n) is 4.72. The average Bonchev–Trinajstić information content (AvgIpc) is 3.21. The predicted octanol–water partition coefficient (Wildman–Crippen LogP) is 2.30. The van der Waals surface area contributed by atoms with Crippen molar-refractivity contribution < 1.29 is 9.32 Å². The standard InChI is InChI=1S/C18H24N4O2/c1-12(19-3)9-16-20-18(24-21-16)15-10-17(23)22(11-15)13(2)14-7-5-4-6-8-14/h4-8,12-13,15,19H,9-11H2,1-3H3. The number of rotatable bonds is 6. The number of benzene rings is 1. The normalized spacial score (nSPS) is 20.4. The van der Waals surface area contributed by atoms with Gasteiger partial charge in [-0.2, -0.15) is 4.98 Å². The molecule has 1 aliphatic rings. The average molecular weight is 328 g/mol. The predicted molar refractivity (Wildman–Crippen MR) is 90.5 cm³/mol. The molecule has 0 spiro atoms. The van der Waals surface area contributed by atoms with E-state index in [2.05, 4.69) is 41.4 Å². The topological polar surface area (TPSA) is 71.3 Å². The van der Waals surface area contributed by atoms with Gasteiger partial charge in [0.15, 0.2) is 5.82 Å². The summed E-state index contributed by atoms with van der Waals surface area (Å²) in [6.07, 6.45) is 1.14. The number of likely N-dealkylation sites (N-methyl/N-ethyl adjacent to an activating group) is 1. The minimum Gasteiger partial charge on any atom is -0.339 e. The second kappa shape index (κ2) is 7.13. The third kappa shape index (κ3) is 3.48. The molecule has 0 radical (unpaired) electrons. The van der Waals surface area contributed by atoms with E-state index < -0.39 is 0 Å². The number of amides is 1. The highest BCUT2D eigenvalue weighted by Gasteiger charge is 2.36. The quantitative estimate of drug-likeness (QED) is 0.881. The summed E-state index contributed by atoms with van der Waals surface area (Å²) < 4.78 is 5.41. The zero-order valence-electron chi connectivity index (χ0n) is 14.4. The van der Waals surface area contributed by atoms with Crippen LogP contribution in [-0.4, -0.2) is 40.6 Å². The Balaban J connectivity index is 1.68. The number of nitrogens with one attached hydrogen (secondary N) is 1. The van der Waals surface area contributed by atoms with Crippen LogP contribution >= 0.6 is 0 Å². The van der Waals surface area contributed by atoms with Crippen LogP contribution in [0.5, 0.6) is 0 Å². The zero-order valence-corrected chi connectivity index (χ0v) is 14.4. The number of carbonyl (C=O) groups is 1. The first-order valence-corrected chi connectivity index (χ1v) is 8.42. The summed E-state index contributed by atoms with van der Waals surface area (Å²) in [6.45, 7) is 4.75. The molecule has 1 N–H and O–H groups in total. The van der Waals surface area contributed by atoms with E-state index in [4.69, 9.17) is 4.52 Å². The molecule has 0 saturated carbocycles. The number of likely N-dealkylation sites (tertiary alicyclic amines) is 1. The van der Waals surface area contributed by atoms with Crippen LogP contribution in [0.25, 0.3) is 0 Å². The number of nitrogens with zero attached hydrogens (tertiary/aromatic N) is 3. The largest absolute Gasteiger partial charge is 0.339 e. The molecule has 3 atom stereocenters. The van der Waals surface area contributed by atoms with E-state index in [9.17, 15) is 4.79 Å². The Kier molecular flexibility index (Phi) is 4.94. The zero-order chi connectivity index (χ0) is 17.1. The van der Waals surface area contributed by atoms with Gasteiger partial charge in [-0.1, -0.05) is 35.5 Å². The summed E-state index contributed by atoms with van der Waals surface area (Å²) in [5.41, 5.74) is 1.14. The van der Waals surface area contributed by atoms with Gasteiger partial charge in [-0.05, 0) is 26.5 Å². The number of hydrogen-bond acceptors (Lipinski definition) is 5. The van der Waals surface area contributed by atoms with Gasteiger partial charge in [-0.15, -0.1) is 0 Å². The molecule has 1 aromatic carbocycles. The van der Waals surface area contributed by atoms with Crippen LogP contribution in [0.3, 0.4) is 0 Å². The van der Waals surface area contributed by atoms with Crippen LogP contribution < -0.4 is 5.32 Å². The van der Waals surface area contributed by atoms with Gasteiger partial charge in [0, 0.05) is 25.4 Å². The van der Waals surface area contributed by atoms with E-state index in [1.54, 1.807) is 0 Å². The van der Waals surface area contributed by atoms with E-state index in [1.807, 2.05) is 30.1 Å². The lowest BCUT2D eigenvalue weighted by atomic mass is 10.1. The molecule has 0 aliphatic carbocycles. The molecule has 6 heteroatoms. The summed E-state index contributed by atoms with van der Waals surface area (Å²) >= 11 is 0. The van der Waals surface area contributed by atoms with E-state index >= 15 is 0 Å². The Bertz CT molecular complexity index is 685. The molecule has 6 nitrogen and oxygen atoms in total. The Hall–Kier alpha value is -2.21. The first-order chi connectivity index (χ1) is 11.6. The van der Waals surface area contributed by atoms with Crippen molar-refractivity contribution in [1.82, 2.24) is 20.4 Å². The van der Waals surface area contributed by atoms with Crippen molar-refractivity contribution in [3.05, 3.63) is 47.6 Å². The fourth-order valence-electron chi connectivity index (χ4n) is 3.07. The van der Waals surface area contributed by atoms with Crippen LogP contribution in [0.2, 0.25) is 0 Å². The van der Waals surface area contributed by atoms with Crippen molar-refractivity contribution in [2.75, 3.05) is 13.6 Å². The lowest BCUT2D eigenvalue weighted by molar-refractivity contribution is -0.129. The molecule has 0 bridgehead atoms. The second-order valence-corrected chi connectivity index (χ2v) is 6.48. The Labute approximate surface area is 142 Å². The maximum Gasteiger partial charge on any atom is 0.232 e. The number of carbonyl (C=O) groups excluding carboxylic acids is 1. The highest BCUT2D eigenvalue weighted by Crippen LogP contribution is 2.33. The summed E-state index contributed by atoms with van der Waals surface area (Å²) in [5.74, 6) is 1.38. The number of aromatic nitrogens is 2. The third-order valence-corrected chi connectivity index (χ3v) is 4.72. The highest BCUT2D eigenvalue weighted by atomic mass is 16.5. The molecule has 1 amide bonds. The van der Waals surface area contributed by atoms with Crippen molar-refractivity contribution in [2.24, 2.45) is 0 Å². The molecule has 24 heavy (non-hydrogen) atoms. The van der Waals surface area contributed by atoms with Crippen molar-refractivity contribution in [1.29, 1.82) is 0 Å². The van der Waals surface area contributed by atoms with Gasteiger partial charge in [0.2, 0.25) is 11.8 Å². The van der Waals surface area contributed by atoms with Gasteiger partial charge in [0.25, 0.3) is 0 Å². The Morgan fingerprint density at radius 3 is 2.79 bits per heavy atom. The van der Waals surface area contributed by atoms with Crippen LogP contribution in [-0.2, 0) is 11.2 Å². The van der Waals surface area contributed by atoms with Crippen LogP contribution in [0, 0.1) is 0 Å². The minimum atomic E-state index is -0.0187. The first-order valence-electron chi connectivity index (χ1n) is 8.42. The Morgan fingerprint density at radius 1 is 1.33 bits per heavy atom. The fraction of sp³-hybridized carbons (Fsp3) is 0.500. The van der Waals surface area contributed by atoms with Gasteiger partial charge in [0.05, 0.1) is 12.0 Å². The lowest BCUT2D eigenvalue weighted by Gasteiger charge is -2.24. The van der Waals surface area contributed by atoms with Crippen LogP contribution in [0.15, 0.2) is 34.9 Å². The van der Waals surface area contributed by atoms with E-state index in [1.165, 1.54) is 0 Å². The molecule has 3 rings (SSSR count). The molecule has 2 aromatic rings. The van der Waals surface area contributed by atoms with E-state index in [-0.39, 0.29) is 23.9 Å². The SMILES string of the molecule is CNC(C)Cc1noc(C2CC(=O)N(C(C)c3ccccc3)C2)n1. The second-order valence-electron chi connectivity index (χ2n) is 6.48. The molecular formula is C18H24N4O2. The number of hydrogen-bond donors (Lipinski definition) is 1. The summed E-state index contributed by atoms with van der Waals surface area (Å²) in [6, 6.07) is 10.4. The van der Waals surface area contributed by atoms with Crippen molar-refractivity contribution in [3.8, 4) is 0 Å². The molecule has 1 aromatic heterocycles. The van der Waals surface area contributed by atoms with E-state index in [0.717, 1.165) is 5.56 Å². The molecule has 1 aliphatic heterocycles. The molecule has 1 fully saturated rings. The maximum absolute atomic E-state index is 12.4. The van der Waals surface area contributed by atoms with Gasteiger partial charge < -0.3 is 14.7 Å². The maximum atomic E-state index is 12.4. The molecule has 128 valence electrons. The minimum absolute atomic E-state index is 0.0187. The van der Waals surface area contributed by atoms with Crippen molar-refractivity contribution in [3.63, 3.8) is 0 Å². The van der Waals surface area contributed by atoms with Gasteiger partial charge in [-0.3, -0.25) is 4.79 Å². The monoisotopic (exact) mass is 328 g/mol. The van der Waals surface area contributed by atoms with Gasteiger partial charge in [-0.25, -0.2) is 0 Å². The molecular weight excluding hydrogens is 304 g/mol. The summed E-state index contributed by atoms with van der Waals surface area (Å²) in [5, 5.41) is 7.20. The smallest absolute Gasteiger partial charge is 0.232 e. The molecule has 2 heterocycles. The van der Waals surface area contributed by atoms with Crippen LogP contribution in [0.1, 0.15) is 49.5 Å². The Morgan fingerprint density at radius 2 is 2.08 bits per heavy atom. The first kappa shape index (κ1) is 16.6. The highest BCUT2D eigenvalue weighted by molar-refractivity contribution is 5.80. The lowest BCUT2D eigenvalue weighted by Crippen LogP contribution is -2.28. The van der Waals surface area contributed by atoms with Crippen LogP contribution in [0.4, 0.5) is 0 Å². The van der Waals surface area contributed by atoms with E-state index in [0.29, 0.717) is 31.1 Å². The molecule has 3 unspecified atom stereocenters. The van der Waals surface area contributed by atoms with Crippen molar-refractivity contribution in [2.45, 2.75) is 44.7 Å². The molecule has 1 saturated heterocycles. The summed E-state index contributed by atoms with van der Waals surface area (Å²) in [4.78, 5) is 18.8.